The van der Waals surface area contributed by atoms with Crippen LogP contribution in [0.15, 0.2) is 71.8 Å². The first kappa shape index (κ1) is 24.0. The number of hydrogen-bond donors (Lipinski definition) is 2. The average Bonchev–Trinajstić information content (AvgIpc) is 3.26. The third kappa shape index (κ3) is 5.36. The van der Waals surface area contributed by atoms with Crippen LogP contribution >= 0.6 is 0 Å². The zero-order chi connectivity index (χ0) is 25.2. The summed E-state index contributed by atoms with van der Waals surface area (Å²) in [5, 5.41) is 12.5. The zero-order valence-corrected chi connectivity index (χ0v) is 19.8. The molecule has 3 N–H and O–H groups in total. The number of carbonyl (C=O) groups excluding carboxylic acids is 2. The number of rotatable bonds is 7. The molecule has 180 valence electrons. The number of nitrogens with one attached hydrogen (secondary N) is 1. The van der Waals surface area contributed by atoms with E-state index in [-0.39, 0.29) is 22.2 Å². The number of hydrogen-bond acceptors (Lipinski definition) is 7. The summed E-state index contributed by atoms with van der Waals surface area (Å²) in [5.74, 6) is -1.36. The number of amides is 1. The van der Waals surface area contributed by atoms with Gasteiger partial charge in [-0.1, -0.05) is 36.4 Å². The smallest absolute Gasteiger partial charge is 0.339 e. The van der Waals surface area contributed by atoms with Gasteiger partial charge in [0.1, 0.15) is 0 Å². The van der Waals surface area contributed by atoms with Crippen LogP contribution in [-0.2, 0) is 19.6 Å². The average molecular weight is 494 g/mol. The van der Waals surface area contributed by atoms with E-state index < -0.39 is 28.5 Å². The van der Waals surface area contributed by atoms with Crippen LogP contribution in [0.2, 0.25) is 0 Å². The Morgan fingerprint density at radius 1 is 1.09 bits per heavy atom. The molecule has 0 fully saturated rings. The van der Waals surface area contributed by atoms with Gasteiger partial charge in [-0.3, -0.25) is 4.79 Å². The Labute approximate surface area is 201 Å². The molecule has 0 atom stereocenters. The van der Waals surface area contributed by atoms with E-state index in [4.69, 9.17) is 14.9 Å². The van der Waals surface area contributed by atoms with E-state index in [0.29, 0.717) is 16.7 Å². The molecular weight excluding hydrogens is 470 g/mol. The van der Waals surface area contributed by atoms with Gasteiger partial charge in [-0.15, -0.1) is 0 Å². The molecule has 11 heteroatoms. The number of pyridine rings is 1. The van der Waals surface area contributed by atoms with Crippen LogP contribution in [0, 0.1) is 0 Å². The molecule has 4 aromatic rings. The molecule has 0 radical (unpaired) electrons. The van der Waals surface area contributed by atoms with Crippen molar-refractivity contribution in [2.75, 3.05) is 11.9 Å². The molecule has 2 aromatic heterocycles. The number of aromatic nitrogens is 3. The molecule has 2 heterocycles. The van der Waals surface area contributed by atoms with Crippen molar-refractivity contribution in [3.8, 4) is 11.3 Å². The van der Waals surface area contributed by atoms with Crippen LogP contribution in [0.3, 0.4) is 0 Å². The fraction of sp³-hybridized carbons (Fsp3) is 0.167. The van der Waals surface area contributed by atoms with Gasteiger partial charge in [0.05, 0.1) is 27.7 Å². The van der Waals surface area contributed by atoms with Gasteiger partial charge < -0.3 is 10.1 Å². The van der Waals surface area contributed by atoms with Crippen molar-refractivity contribution in [1.29, 1.82) is 0 Å². The molecule has 0 aliphatic rings. The summed E-state index contributed by atoms with van der Waals surface area (Å²) in [4.78, 5) is 29.9. The molecule has 0 bridgehead atoms. The summed E-state index contributed by atoms with van der Waals surface area (Å²) in [6.45, 7) is 3.33. The van der Waals surface area contributed by atoms with Gasteiger partial charge in [0.2, 0.25) is 10.0 Å². The summed E-state index contributed by atoms with van der Waals surface area (Å²) in [5.41, 5.74) is 2.33. The van der Waals surface area contributed by atoms with Gasteiger partial charge in [0.15, 0.2) is 12.3 Å². The highest BCUT2D eigenvalue weighted by Gasteiger charge is 2.20. The van der Waals surface area contributed by atoms with Gasteiger partial charge in [-0.25, -0.2) is 28.0 Å². The van der Waals surface area contributed by atoms with E-state index in [1.807, 2.05) is 44.2 Å². The predicted molar refractivity (Wildman–Crippen MR) is 130 cm³/mol. The molecular formula is C24H23N5O5S. The number of nitrogens with two attached hydrogens (primary N) is 1. The van der Waals surface area contributed by atoms with Crippen molar-refractivity contribution >= 4 is 38.6 Å². The van der Waals surface area contributed by atoms with Crippen LogP contribution in [0.5, 0.6) is 0 Å². The van der Waals surface area contributed by atoms with Crippen LogP contribution in [0.4, 0.5) is 5.69 Å². The Kier molecular flexibility index (Phi) is 6.63. The van der Waals surface area contributed by atoms with Crippen molar-refractivity contribution in [2.45, 2.75) is 24.8 Å². The molecule has 2 aromatic carbocycles. The first-order valence-electron chi connectivity index (χ1n) is 10.7. The minimum Gasteiger partial charge on any atom is -0.452 e. The summed E-state index contributed by atoms with van der Waals surface area (Å²) in [6.07, 6.45) is 1.55. The number of carbonyl (C=O) groups is 2. The summed E-state index contributed by atoms with van der Waals surface area (Å²) < 4.78 is 30.0. The van der Waals surface area contributed by atoms with E-state index in [1.165, 1.54) is 24.3 Å². The number of anilines is 1. The van der Waals surface area contributed by atoms with E-state index in [2.05, 4.69) is 10.4 Å². The van der Waals surface area contributed by atoms with Crippen LogP contribution < -0.4 is 10.5 Å². The van der Waals surface area contributed by atoms with E-state index in [1.54, 1.807) is 16.9 Å². The van der Waals surface area contributed by atoms with Gasteiger partial charge in [0, 0.05) is 17.3 Å². The number of sulfonamides is 1. The number of nitrogens with zero attached hydrogens (tertiary/aromatic N) is 3. The lowest BCUT2D eigenvalue weighted by Gasteiger charge is -2.11. The highest BCUT2D eigenvalue weighted by Crippen LogP contribution is 2.27. The van der Waals surface area contributed by atoms with Crippen LogP contribution in [-0.4, -0.2) is 41.7 Å². The fourth-order valence-corrected chi connectivity index (χ4v) is 4.04. The van der Waals surface area contributed by atoms with Crippen LogP contribution in [0.1, 0.15) is 30.2 Å². The minimum atomic E-state index is -3.93. The fourth-order valence-electron chi connectivity index (χ4n) is 3.48. The maximum Gasteiger partial charge on any atom is 0.339 e. The Bertz CT molecular complexity index is 1510. The molecule has 1 amide bonds. The SMILES string of the molecule is CC(C)n1ncc2c(C(=O)OCC(=O)Nc3cccc(S(N)(=O)=O)c3)cc(-c3ccccc3)nc21. The molecule has 0 aliphatic carbocycles. The second kappa shape index (κ2) is 9.65. The highest BCUT2D eigenvalue weighted by atomic mass is 32.2. The van der Waals surface area contributed by atoms with Gasteiger partial charge >= 0.3 is 5.97 Å². The Balaban J connectivity index is 1.57. The summed E-state index contributed by atoms with van der Waals surface area (Å²) in [6, 6.07) is 16.4. The maximum absolute atomic E-state index is 13.0. The Morgan fingerprint density at radius 2 is 1.83 bits per heavy atom. The number of esters is 1. The molecule has 35 heavy (non-hydrogen) atoms. The molecule has 0 saturated heterocycles. The van der Waals surface area contributed by atoms with Crippen molar-refractivity contribution in [1.82, 2.24) is 14.8 Å². The molecule has 4 rings (SSSR count). The Morgan fingerprint density at radius 3 is 2.51 bits per heavy atom. The first-order chi connectivity index (χ1) is 16.6. The normalized spacial score (nSPS) is 11.5. The summed E-state index contributed by atoms with van der Waals surface area (Å²) >= 11 is 0. The van der Waals surface area contributed by atoms with Crippen molar-refractivity contribution < 1.29 is 22.7 Å². The molecule has 10 nitrogen and oxygen atoms in total. The minimum absolute atomic E-state index is 0.00812. The topological polar surface area (TPSA) is 146 Å². The lowest BCUT2D eigenvalue weighted by Crippen LogP contribution is -2.21. The monoisotopic (exact) mass is 493 g/mol. The van der Waals surface area contributed by atoms with E-state index in [0.717, 1.165) is 5.56 Å². The Hall–Kier alpha value is -4.09. The second-order valence-electron chi connectivity index (χ2n) is 8.04. The third-order valence-corrected chi connectivity index (χ3v) is 6.04. The number of primary sulfonamides is 1. The highest BCUT2D eigenvalue weighted by molar-refractivity contribution is 7.89. The largest absolute Gasteiger partial charge is 0.452 e. The summed E-state index contributed by atoms with van der Waals surface area (Å²) in [7, 11) is -3.93. The maximum atomic E-state index is 13.0. The third-order valence-electron chi connectivity index (χ3n) is 5.13. The van der Waals surface area contributed by atoms with Crippen molar-refractivity contribution in [3.63, 3.8) is 0 Å². The van der Waals surface area contributed by atoms with Crippen LogP contribution in [0.25, 0.3) is 22.3 Å². The molecule has 0 saturated carbocycles. The quantitative estimate of drug-likeness (QED) is 0.376. The van der Waals surface area contributed by atoms with E-state index in [9.17, 15) is 18.0 Å². The van der Waals surface area contributed by atoms with Gasteiger partial charge in [-0.2, -0.15) is 5.10 Å². The standard InChI is InChI=1S/C24H23N5O5S/c1-15(2)29-23-20(13-26-29)19(12-21(28-23)16-7-4-3-5-8-16)24(31)34-14-22(30)27-17-9-6-10-18(11-17)35(25,32)33/h3-13,15H,14H2,1-2H3,(H,27,30)(H2,25,32,33). The van der Waals surface area contributed by atoms with Gasteiger partial charge in [0.25, 0.3) is 5.91 Å². The lowest BCUT2D eigenvalue weighted by atomic mass is 10.1. The zero-order valence-electron chi connectivity index (χ0n) is 19.0. The molecule has 0 aliphatic heterocycles. The van der Waals surface area contributed by atoms with Crippen molar-refractivity contribution in [2.24, 2.45) is 5.14 Å². The number of ether oxygens (including phenoxy) is 1. The van der Waals surface area contributed by atoms with Gasteiger partial charge in [-0.05, 0) is 38.1 Å². The number of benzene rings is 2. The lowest BCUT2D eigenvalue weighted by molar-refractivity contribution is -0.119. The molecule has 0 spiro atoms. The number of fused-ring (bicyclic) bond motifs is 1. The first-order valence-corrected chi connectivity index (χ1v) is 12.2. The van der Waals surface area contributed by atoms with Crippen molar-refractivity contribution in [3.05, 3.63) is 72.4 Å². The second-order valence-corrected chi connectivity index (χ2v) is 9.60. The van der Waals surface area contributed by atoms with E-state index >= 15 is 0 Å². The molecule has 0 unspecified atom stereocenters. The predicted octanol–water partition coefficient (Wildman–Crippen LogP) is 3.12.